The lowest BCUT2D eigenvalue weighted by Gasteiger charge is -2.42. The predicted octanol–water partition coefficient (Wildman–Crippen LogP) is 1.49. The van der Waals surface area contributed by atoms with E-state index in [4.69, 9.17) is 5.73 Å². The van der Waals surface area contributed by atoms with Crippen molar-refractivity contribution in [3.63, 3.8) is 0 Å². The second-order valence-electron chi connectivity index (χ2n) is 9.29. The van der Waals surface area contributed by atoms with Gasteiger partial charge in [0.15, 0.2) is 11.6 Å². The van der Waals surface area contributed by atoms with Gasteiger partial charge >= 0.3 is 0 Å². The van der Waals surface area contributed by atoms with Gasteiger partial charge in [0.1, 0.15) is 11.9 Å². The minimum absolute atomic E-state index is 0.0299. The van der Waals surface area contributed by atoms with Crippen LogP contribution < -0.4 is 11.1 Å². The van der Waals surface area contributed by atoms with Crippen LogP contribution in [0.4, 0.5) is 11.4 Å². The van der Waals surface area contributed by atoms with Crippen LogP contribution in [-0.4, -0.2) is 45.1 Å². The topological polar surface area (TPSA) is 133 Å². The van der Waals surface area contributed by atoms with E-state index < -0.39 is 40.6 Å². The quantitative estimate of drug-likeness (QED) is 0.215. The number of hydrogen-bond donors (Lipinski definition) is 5. The number of phenols is 1. The molecule has 7 nitrogen and oxygen atoms in total. The lowest BCUT2D eigenvalue weighted by molar-refractivity contribution is 0.0603. The van der Waals surface area contributed by atoms with Gasteiger partial charge in [-0.25, -0.2) is 0 Å². The second kappa shape index (κ2) is 6.51. The van der Waals surface area contributed by atoms with Gasteiger partial charge in [-0.05, 0) is 55.3 Å². The molecule has 5 atom stereocenters. The normalized spacial score (nSPS) is 31.0. The summed E-state index contributed by atoms with van der Waals surface area (Å²) >= 11 is 0. The number of aliphatic hydroxyl groups excluding tert-OH is 2. The van der Waals surface area contributed by atoms with Crippen molar-refractivity contribution in [2.75, 3.05) is 11.1 Å². The van der Waals surface area contributed by atoms with Crippen LogP contribution in [0.5, 0.6) is 5.75 Å². The summed E-state index contributed by atoms with van der Waals surface area (Å²) in [6.45, 7) is 1.64. The number of nitrogens with two attached hydrogens (primary N) is 1. The third kappa shape index (κ3) is 2.25. The summed E-state index contributed by atoms with van der Waals surface area (Å²) in [6.07, 6.45) is 1.35. The van der Waals surface area contributed by atoms with Crippen molar-refractivity contribution in [3.05, 3.63) is 64.2 Å². The number of carbonyl (C=O) groups is 2. The Bertz CT molecular complexity index is 1500. The molecule has 168 valence electrons. The zero-order chi connectivity index (χ0) is 24.0. The molecule has 6 rings (SSSR count). The maximum Gasteiger partial charge on any atom is 0.198 e. The summed E-state index contributed by atoms with van der Waals surface area (Å²) in [5.74, 6) is 10.3. The van der Waals surface area contributed by atoms with Crippen molar-refractivity contribution >= 4 is 22.9 Å². The number of aliphatic hydroxyl groups is 2. The Hall–Kier alpha value is -4.04. The highest BCUT2D eigenvalue weighted by Crippen LogP contribution is 2.74. The van der Waals surface area contributed by atoms with Crippen LogP contribution in [0.3, 0.4) is 0 Å². The van der Waals surface area contributed by atoms with Gasteiger partial charge in [0.2, 0.25) is 0 Å². The fourth-order valence-electron chi connectivity index (χ4n) is 6.13. The standard InChI is InChI=1S/C27H20N2O5/c1-13(30)26-12-27(26)17-11-18(31)21-22(24(33)15-9-8-14(28)10-16(15)25(21)34)23(17)29-19(26)6-4-2-3-5-7-20(27)32/h2-3,8-11,13,19-20,29-32H,12,28H2,1H3/b3-2-/t13-,19+,20-,26-,27-/m1/s1. The predicted molar refractivity (Wildman–Crippen MR) is 124 cm³/mol. The molecule has 34 heavy (non-hydrogen) atoms. The monoisotopic (exact) mass is 452 g/mol. The van der Waals surface area contributed by atoms with Crippen LogP contribution in [0.2, 0.25) is 0 Å². The van der Waals surface area contributed by atoms with E-state index in [1.165, 1.54) is 24.3 Å². The molecule has 0 radical (unpaired) electrons. The number of benzene rings is 2. The molecule has 2 aromatic carbocycles. The first-order valence-electron chi connectivity index (χ1n) is 10.9. The number of aromatic hydroxyl groups is 1. The first kappa shape index (κ1) is 20.6. The van der Waals surface area contributed by atoms with Gasteiger partial charge in [-0.3, -0.25) is 9.59 Å². The van der Waals surface area contributed by atoms with Crippen molar-refractivity contribution in [1.29, 1.82) is 0 Å². The molecule has 0 amide bonds. The third-order valence-corrected chi connectivity index (χ3v) is 7.76. The van der Waals surface area contributed by atoms with E-state index in [0.29, 0.717) is 23.4 Å². The Morgan fingerprint density at radius 3 is 2.53 bits per heavy atom. The molecule has 4 aliphatic rings. The second-order valence-corrected chi connectivity index (χ2v) is 9.29. The van der Waals surface area contributed by atoms with E-state index in [9.17, 15) is 24.9 Å². The zero-order valence-electron chi connectivity index (χ0n) is 18.1. The number of phenolic OH excluding ortho intramolecular Hbond substituents is 1. The number of carbonyl (C=O) groups excluding carboxylic acids is 2. The summed E-state index contributed by atoms with van der Waals surface area (Å²) < 4.78 is 0. The molecule has 2 bridgehead atoms. The van der Waals surface area contributed by atoms with Gasteiger partial charge in [-0.1, -0.05) is 23.7 Å². The van der Waals surface area contributed by atoms with Crippen LogP contribution in [0.1, 0.15) is 50.8 Å². The fraction of sp³-hybridized carbons (Fsp3) is 0.259. The molecule has 0 spiro atoms. The number of nitrogen functional groups attached to an aromatic ring is 1. The minimum atomic E-state index is -1.20. The Morgan fingerprint density at radius 2 is 1.79 bits per heavy atom. The number of allylic oxidation sites excluding steroid dienone is 2. The zero-order valence-corrected chi connectivity index (χ0v) is 18.1. The maximum atomic E-state index is 13.7. The molecule has 0 unspecified atom stereocenters. The number of anilines is 2. The molecule has 1 saturated carbocycles. The fourth-order valence-corrected chi connectivity index (χ4v) is 6.13. The van der Waals surface area contributed by atoms with E-state index >= 15 is 0 Å². The number of hydrogen-bond acceptors (Lipinski definition) is 7. The smallest absolute Gasteiger partial charge is 0.198 e. The number of rotatable bonds is 1. The Kier molecular flexibility index (Phi) is 3.94. The van der Waals surface area contributed by atoms with E-state index in [1.54, 1.807) is 19.1 Å². The first-order chi connectivity index (χ1) is 16.2. The van der Waals surface area contributed by atoms with Gasteiger partial charge in [0.25, 0.3) is 0 Å². The summed E-state index contributed by atoms with van der Waals surface area (Å²) in [7, 11) is 0. The van der Waals surface area contributed by atoms with Crippen LogP contribution in [-0.2, 0) is 5.41 Å². The number of fused-ring (bicyclic) bond motifs is 4. The van der Waals surface area contributed by atoms with Crippen molar-refractivity contribution in [2.45, 2.75) is 37.0 Å². The third-order valence-electron chi connectivity index (χ3n) is 7.76. The average Bonchev–Trinajstić information content (AvgIpc) is 3.53. The number of ketones is 2. The molecule has 1 aliphatic heterocycles. The molecule has 0 aromatic heterocycles. The summed E-state index contributed by atoms with van der Waals surface area (Å²) in [5.41, 5.74) is 5.17. The Balaban J connectivity index is 1.68. The van der Waals surface area contributed by atoms with Crippen molar-refractivity contribution in [2.24, 2.45) is 5.41 Å². The molecule has 1 heterocycles. The average molecular weight is 452 g/mol. The lowest BCUT2D eigenvalue weighted by Crippen LogP contribution is -2.50. The van der Waals surface area contributed by atoms with Crippen molar-refractivity contribution in [1.82, 2.24) is 0 Å². The summed E-state index contributed by atoms with van der Waals surface area (Å²) in [5, 5.41) is 36.4. The van der Waals surface area contributed by atoms with Crippen LogP contribution in [0.15, 0.2) is 36.4 Å². The van der Waals surface area contributed by atoms with Gasteiger partial charge in [0, 0.05) is 27.6 Å². The van der Waals surface area contributed by atoms with Gasteiger partial charge in [-0.15, -0.1) is 0 Å². The highest BCUT2D eigenvalue weighted by molar-refractivity contribution is 6.31. The maximum absolute atomic E-state index is 13.7. The molecule has 0 saturated heterocycles. The molecular weight excluding hydrogens is 432 g/mol. The first-order valence-corrected chi connectivity index (χ1v) is 10.9. The summed E-state index contributed by atoms with van der Waals surface area (Å²) in [6, 6.07) is 5.25. The van der Waals surface area contributed by atoms with E-state index in [2.05, 4.69) is 29.0 Å². The Labute approximate surface area is 195 Å². The molecule has 3 aliphatic carbocycles. The number of nitrogens with one attached hydrogen (secondary N) is 1. The SMILES string of the molecule is C[C@@H](O)[C@@]12C[C@]13c1cc(O)c4c(c1N[C@H]2C#C/C=C\C#C[C@H]3O)C(=O)c1ccc(N)cc1C4=O. The lowest BCUT2D eigenvalue weighted by atomic mass is 9.69. The minimum Gasteiger partial charge on any atom is -0.507 e. The Morgan fingerprint density at radius 1 is 1.09 bits per heavy atom. The molecule has 7 heteroatoms. The van der Waals surface area contributed by atoms with Crippen LogP contribution >= 0.6 is 0 Å². The molecule has 6 N–H and O–H groups in total. The highest BCUT2D eigenvalue weighted by Gasteiger charge is 2.79. The molecule has 1 fully saturated rings. The van der Waals surface area contributed by atoms with Crippen LogP contribution in [0, 0.1) is 29.1 Å². The molecular formula is C27H20N2O5. The van der Waals surface area contributed by atoms with Crippen LogP contribution in [0.25, 0.3) is 0 Å². The summed E-state index contributed by atoms with van der Waals surface area (Å²) in [4.78, 5) is 27.0. The molecule has 2 aromatic rings. The largest absolute Gasteiger partial charge is 0.507 e. The van der Waals surface area contributed by atoms with Gasteiger partial charge in [0.05, 0.1) is 29.0 Å². The van der Waals surface area contributed by atoms with Crippen molar-refractivity contribution < 1.29 is 24.9 Å². The van der Waals surface area contributed by atoms with E-state index in [0.717, 1.165) is 0 Å². The van der Waals surface area contributed by atoms with E-state index in [-0.39, 0.29) is 28.0 Å². The highest BCUT2D eigenvalue weighted by atomic mass is 16.3. The van der Waals surface area contributed by atoms with E-state index in [1.807, 2.05) is 0 Å². The van der Waals surface area contributed by atoms with Gasteiger partial charge < -0.3 is 26.4 Å². The van der Waals surface area contributed by atoms with Gasteiger partial charge in [-0.2, -0.15) is 0 Å². The van der Waals surface area contributed by atoms with Crippen molar-refractivity contribution in [3.8, 4) is 29.4 Å².